The molecule has 2 aromatic rings. The van der Waals surface area contributed by atoms with Gasteiger partial charge in [0, 0.05) is 7.05 Å². The number of furan rings is 1. The fourth-order valence-corrected chi connectivity index (χ4v) is 3.14. The first-order chi connectivity index (χ1) is 13.5. The standard InChI is InChI=1S/C21H24N2O5/c1-23(13-19(24)22-12-18-7-4-10-27-18)20(25)14-28-21(26)17-9-8-15-5-2-3-6-16(15)11-17/h4,7-11H,2-3,5-6,12-14H2,1H3,(H,22,24). The van der Waals surface area contributed by atoms with Crippen molar-refractivity contribution in [3.63, 3.8) is 0 Å². The van der Waals surface area contributed by atoms with Crippen LogP contribution in [-0.4, -0.2) is 42.9 Å². The van der Waals surface area contributed by atoms with Crippen molar-refractivity contribution in [2.75, 3.05) is 20.2 Å². The highest BCUT2D eigenvalue weighted by Gasteiger charge is 2.17. The van der Waals surface area contributed by atoms with Crippen molar-refractivity contribution in [2.24, 2.45) is 0 Å². The Balaban J connectivity index is 1.43. The molecule has 7 nitrogen and oxygen atoms in total. The van der Waals surface area contributed by atoms with Crippen LogP contribution in [0.25, 0.3) is 0 Å². The van der Waals surface area contributed by atoms with Crippen LogP contribution in [0.5, 0.6) is 0 Å². The van der Waals surface area contributed by atoms with Gasteiger partial charge in [0.25, 0.3) is 5.91 Å². The smallest absolute Gasteiger partial charge is 0.338 e. The average molecular weight is 384 g/mol. The molecule has 1 N–H and O–H groups in total. The van der Waals surface area contributed by atoms with Gasteiger partial charge < -0.3 is 19.4 Å². The van der Waals surface area contributed by atoms with E-state index in [-0.39, 0.29) is 19.0 Å². The normalized spacial score (nSPS) is 12.8. The lowest BCUT2D eigenvalue weighted by Gasteiger charge is -2.17. The van der Waals surface area contributed by atoms with Gasteiger partial charge in [-0.1, -0.05) is 6.07 Å². The van der Waals surface area contributed by atoms with Crippen LogP contribution in [0.15, 0.2) is 41.0 Å². The highest BCUT2D eigenvalue weighted by molar-refractivity contribution is 5.92. The number of fused-ring (bicyclic) bond motifs is 1. The second-order valence-electron chi connectivity index (χ2n) is 6.87. The van der Waals surface area contributed by atoms with Crippen LogP contribution in [0.3, 0.4) is 0 Å². The predicted octanol–water partition coefficient (Wildman–Crippen LogP) is 2.09. The lowest BCUT2D eigenvalue weighted by Crippen LogP contribution is -2.39. The lowest BCUT2D eigenvalue weighted by atomic mass is 9.90. The minimum Gasteiger partial charge on any atom is -0.467 e. The molecule has 1 heterocycles. The molecule has 3 rings (SSSR count). The SMILES string of the molecule is CN(CC(=O)NCc1ccco1)C(=O)COC(=O)c1ccc2c(c1)CCCC2. The van der Waals surface area contributed by atoms with Gasteiger partial charge in [-0.25, -0.2) is 4.79 Å². The van der Waals surface area contributed by atoms with E-state index >= 15 is 0 Å². The minimum atomic E-state index is -0.530. The molecule has 1 aliphatic rings. The zero-order chi connectivity index (χ0) is 19.9. The first-order valence-corrected chi connectivity index (χ1v) is 9.35. The number of likely N-dealkylation sites (N-methyl/N-ethyl adjacent to an activating group) is 1. The Morgan fingerprint density at radius 1 is 1.14 bits per heavy atom. The number of amides is 2. The topological polar surface area (TPSA) is 88.8 Å². The van der Waals surface area contributed by atoms with Crippen LogP contribution in [0.4, 0.5) is 0 Å². The van der Waals surface area contributed by atoms with E-state index < -0.39 is 18.5 Å². The molecule has 148 valence electrons. The fraction of sp³-hybridized carbons (Fsp3) is 0.381. The van der Waals surface area contributed by atoms with Gasteiger partial charge in [0.05, 0.1) is 24.9 Å². The van der Waals surface area contributed by atoms with Crippen LogP contribution < -0.4 is 5.32 Å². The highest BCUT2D eigenvalue weighted by Crippen LogP contribution is 2.22. The average Bonchev–Trinajstić information content (AvgIpc) is 3.23. The second-order valence-corrected chi connectivity index (χ2v) is 6.87. The number of ether oxygens (including phenoxy) is 1. The number of esters is 1. The second kappa shape index (κ2) is 9.21. The summed E-state index contributed by atoms with van der Waals surface area (Å²) in [5.74, 6) is -0.675. The molecule has 0 bridgehead atoms. The van der Waals surface area contributed by atoms with E-state index in [0.717, 1.165) is 19.3 Å². The third-order valence-electron chi connectivity index (χ3n) is 4.76. The van der Waals surface area contributed by atoms with Crippen molar-refractivity contribution in [2.45, 2.75) is 32.2 Å². The van der Waals surface area contributed by atoms with Crippen LogP contribution in [0.1, 0.15) is 40.1 Å². The summed E-state index contributed by atoms with van der Waals surface area (Å²) >= 11 is 0. The molecule has 1 aromatic heterocycles. The molecule has 0 spiro atoms. The zero-order valence-corrected chi connectivity index (χ0v) is 15.9. The van der Waals surface area contributed by atoms with Crippen LogP contribution in [0, 0.1) is 0 Å². The minimum absolute atomic E-state index is 0.129. The van der Waals surface area contributed by atoms with Gasteiger partial charge in [-0.05, 0) is 61.1 Å². The van der Waals surface area contributed by atoms with E-state index in [1.54, 1.807) is 18.2 Å². The van der Waals surface area contributed by atoms with Gasteiger partial charge in [0.2, 0.25) is 5.91 Å². The highest BCUT2D eigenvalue weighted by atomic mass is 16.5. The number of rotatable bonds is 7. The maximum atomic E-state index is 12.2. The molecule has 0 radical (unpaired) electrons. The lowest BCUT2D eigenvalue weighted by molar-refractivity contribution is -0.137. The molecule has 0 aliphatic heterocycles. The number of nitrogens with one attached hydrogen (secondary N) is 1. The fourth-order valence-electron chi connectivity index (χ4n) is 3.14. The van der Waals surface area contributed by atoms with E-state index in [0.29, 0.717) is 11.3 Å². The van der Waals surface area contributed by atoms with E-state index in [4.69, 9.17) is 9.15 Å². The van der Waals surface area contributed by atoms with Crippen LogP contribution in [-0.2, 0) is 33.7 Å². The third-order valence-corrected chi connectivity index (χ3v) is 4.76. The van der Waals surface area contributed by atoms with Gasteiger partial charge in [0.1, 0.15) is 5.76 Å². The summed E-state index contributed by atoms with van der Waals surface area (Å²) in [7, 11) is 1.49. The molecule has 1 aliphatic carbocycles. The van der Waals surface area contributed by atoms with Crippen molar-refractivity contribution < 1.29 is 23.5 Å². The summed E-state index contributed by atoms with van der Waals surface area (Å²) in [5, 5.41) is 2.66. The Labute approximate surface area is 163 Å². The molecule has 1 aromatic carbocycles. The summed E-state index contributed by atoms with van der Waals surface area (Å²) in [6.07, 6.45) is 5.82. The molecular weight excluding hydrogens is 360 g/mol. The number of nitrogens with zero attached hydrogens (tertiary/aromatic N) is 1. The molecule has 0 saturated heterocycles. The van der Waals surface area contributed by atoms with Gasteiger partial charge >= 0.3 is 5.97 Å². The van der Waals surface area contributed by atoms with Crippen molar-refractivity contribution in [1.29, 1.82) is 0 Å². The predicted molar refractivity (Wildman–Crippen MR) is 102 cm³/mol. The summed E-state index contributed by atoms with van der Waals surface area (Å²) in [6, 6.07) is 9.03. The van der Waals surface area contributed by atoms with E-state index in [1.807, 2.05) is 12.1 Å². The first-order valence-electron chi connectivity index (χ1n) is 9.35. The number of carbonyl (C=O) groups excluding carboxylic acids is 3. The largest absolute Gasteiger partial charge is 0.467 e. The molecule has 0 unspecified atom stereocenters. The number of benzene rings is 1. The number of hydrogen-bond donors (Lipinski definition) is 1. The van der Waals surface area contributed by atoms with Crippen LogP contribution >= 0.6 is 0 Å². The summed E-state index contributed by atoms with van der Waals surface area (Å²) in [6.45, 7) is -0.283. The Hall–Kier alpha value is -3.09. The van der Waals surface area contributed by atoms with Crippen molar-refractivity contribution in [1.82, 2.24) is 10.2 Å². The van der Waals surface area contributed by atoms with Crippen molar-refractivity contribution in [3.8, 4) is 0 Å². The monoisotopic (exact) mass is 384 g/mol. The quantitative estimate of drug-likeness (QED) is 0.739. The van der Waals surface area contributed by atoms with Gasteiger partial charge in [0.15, 0.2) is 6.61 Å². The molecule has 7 heteroatoms. The number of hydrogen-bond acceptors (Lipinski definition) is 5. The third kappa shape index (κ3) is 5.22. The summed E-state index contributed by atoms with van der Waals surface area (Å²) in [4.78, 5) is 37.5. The Morgan fingerprint density at radius 3 is 2.68 bits per heavy atom. The Morgan fingerprint density at radius 2 is 1.93 bits per heavy atom. The molecular formula is C21H24N2O5. The van der Waals surface area contributed by atoms with Gasteiger partial charge in [-0.2, -0.15) is 0 Å². The van der Waals surface area contributed by atoms with E-state index in [2.05, 4.69) is 5.32 Å². The molecule has 0 fully saturated rings. The Kier molecular flexibility index (Phi) is 6.47. The van der Waals surface area contributed by atoms with Gasteiger partial charge in [-0.15, -0.1) is 0 Å². The van der Waals surface area contributed by atoms with E-state index in [1.165, 1.54) is 35.8 Å². The molecule has 28 heavy (non-hydrogen) atoms. The van der Waals surface area contributed by atoms with Gasteiger partial charge in [-0.3, -0.25) is 9.59 Å². The van der Waals surface area contributed by atoms with Crippen molar-refractivity contribution >= 4 is 17.8 Å². The number of aryl methyl sites for hydroxylation is 2. The molecule has 0 atom stereocenters. The summed E-state index contributed by atoms with van der Waals surface area (Å²) in [5.41, 5.74) is 2.91. The maximum Gasteiger partial charge on any atom is 0.338 e. The number of carbonyl (C=O) groups is 3. The molecule has 0 saturated carbocycles. The zero-order valence-electron chi connectivity index (χ0n) is 15.9. The first kappa shape index (κ1) is 19.7. The molecule has 2 amide bonds. The summed E-state index contributed by atoms with van der Waals surface area (Å²) < 4.78 is 10.3. The van der Waals surface area contributed by atoms with Crippen LogP contribution in [0.2, 0.25) is 0 Å². The van der Waals surface area contributed by atoms with E-state index in [9.17, 15) is 14.4 Å². The Bertz CT molecular complexity index is 844. The van der Waals surface area contributed by atoms with Crippen molar-refractivity contribution in [3.05, 3.63) is 59.0 Å². The maximum absolute atomic E-state index is 12.2.